The molecule has 1 amide bonds. The third-order valence-electron chi connectivity index (χ3n) is 3.19. The second kappa shape index (κ2) is 5.36. The quantitative estimate of drug-likeness (QED) is 0.872. The molecule has 0 aromatic heterocycles. The average Bonchev–Trinajstić information content (AvgIpc) is 2.47. The Balaban J connectivity index is 1.93. The van der Waals surface area contributed by atoms with E-state index >= 15 is 0 Å². The molecule has 0 unspecified atom stereocenters. The number of sulfonamides is 1. The molecule has 2 aliphatic rings. The van der Waals surface area contributed by atoms with Gasteiger partial charge >= 0.3 is 0 Å². The van der Waals surface area contributed by atoms with Gasteiger partial charge in [0.05, 0.1) is 29.5 Å². The van der Waals surface area contributed by atoms with Crippen LogP contribution in [0.2, 0.25) is 0 Å². The van der Waals surface area contributed by atoms with Gasteiger partial charge in [0, 0.05) is 18.0 Å². The van der Waals surface area contributed by atoms with Crippen LogP contribution in [0.15, 0.2) is 28.0 Å². The minimum absolute atomic E-state index is 0.108. The molecule has 0 radical (unpaired) electrons. The second-order valence-corrected chi connectivity index (χ2v) is 7.47. The zero-order valence-electron chi connectivity index (χ0n) is 10.7. The molecule has 8 heteroatoms. The molecule has 20 heavy (non-hydrogen) atoms. The van der Waals surface area contributed by atoms with E-state index in [2.05, 4.69) is 5.32 Å². The van der Waals surface area contributed by atoms with Crippen LogP contribution < -0.4 is 5.32 Å². The van der Waals surface area contributed by atoms with E-state index in [0.29, 0.717) is 37.7 Å². The third-order valence-corrected chi connectivity index (χ3v) is 6.16. The predicted molar refractivity (Wildman–Crippen MR) is 75.4 cm³/mol. The fourth-order valence-corrected chi connectivity index (χ4v) is 4.38. The van der Waals surface area contributed by atoms with Gasteiger partial charge in [0.2, 0.25) is 15.9 Å². The maximum Gasteiger partial charge on any atom is 0.243 e. The summed E-state index contributed by atoms with van der Waals surface area (Å²) in [6, 6.07) is 4.87. The van der Waals surface area contributed by atoms with Crippen molar-refractivity contribution in [3.8, 4) is 0 Å². The number of nitrogens with zero attached hydrogens (tertiary/aromatic N) is 1. The number of thioether (sulfide) groups is 1. The highest BCUT2D eigenvalue weighted by atomic mass is 32.2. The van der Waals surface area contributed by atoms with Gasteiger partial charge in [-0.2, -0.15) is 4.31 Å². The van der Waals surface area contributed by atoms with E-state index in [-0.39, 0.29) is 10.8 Å². The van der Waals surface area contributed by atoms with Crippen LogP contribution in [0.1, 0.15) is 0 Å². The van der Waals surface area contributed by atoms with E-state index in [1.165, 1.54) is 22.1 Å². The molecule has 1 aromatic rings. The van der Waals surface area contributed by atoms with Crippen LogP contribution in [-0.4, -0.2) is 50.7 Å². The first kappa shape index (κ1) is 13.9. The second-order valence-electron chi connectivity index (χ2n) is 4.51. The van der Waals surface area contributed by atoms with Crippen molar-refractivity contribution in [2.75, 3.05) is 37.4 Å². The van der Waals surface area contributed by atoms with E-state index in [1.807, 2.05) is 0 Å². The minimum Gasteiger partial charge on any atom is -0.379 e. The molecule has 1 N–H and O–H groups in total. The number of fused-ring (bicyclic) bond motifs is 1. The van der Waals surface area contributed by atoms with Crippen molar-refractivity contribution >= 4 is 33.4 Å². The largest absolute Gasteiger partial charge is 0.379 e. The van der Waals surface area contributed by atoms with Crippen molar-refractivity contribution in [3.05, 3.63) is 18.2 Å². The normalized spacial score (nSPS) is 20.3. The van der Waals surface area contributed by atoms with Gasteiger partial charge in [-0.05, 0) is 18.2 Å². The van der Waals surface area contributed by atoms with Crippen LogP contribution in [0.4, 0.5) is 5.69 Å². The summed E-state index contributed by atoms with van der Waals surface area (Å²) in [5, 5.41) is 2.71. The molecule has 2 aliphatic heterocycles. The molecule has 1 fully saturated rings. The van der Waals surface area contributed by atoms with E-state index in [1.54, 1.807) is 12.1 Å². The first-order chi connectivity index (χ1) is 9.57. The lowest BCUT2D eigenvalue weighted by Crippen LogP contribution is -2.40. The number of anilines is 1. The van der Waals surface area contributed by atoms with Gasteiger partial charge < -0.3 is 10.1 Å². The van der Waals surface area contributed by atoms with Crippen molar-refractivity contribution in [2.24, 2.45) is 0 Å². The molecule has 3 rings (SSSR count). The number of carbonyl (C=O) groups excluding carboxylic acids is 1. The molecular weight excluding hydrogens is 300 g/mol. The summed E-state index contributed by atoms with van der Waals surface area (Å²) in [5.41, 5.74) is 0.570. The molecule has 0 spiro atoms. The fourth-order valence-electron chi connectivity index (χ4n) is 2.16. The molecule has 0 aliphatic carbocycles. The Hall–Kier alpha value is -1.09. The summed E-state index contributed by atoms with van der Waals surface area (Å²) in [5.74, 6) is 0.256. The van der Waals surface area contributed by atoms with Crippen molar-refractivity contribution in [3.63, 3.8) is 0 Å². The number of rotatable bonds is 2. The highest BCUT2D eigenvalue weighted by Gasteiger charge is 2.27. The van der Waals surface area contributed by atoms with Crippen molar-refractivity contribution in [2.45, 2.75) is 9.79 Å². The lowest BCUT2D eigenvalue weighted by Gasteiger charge is -2.26. The monoisotopic (exact) mass is 314 g/mol. The topological polar surface area (TPSA) is 75.7 Å². The number of amides is 1. The van der Waals surface area contributed by atoms with Gasteiger partial charge in [-0.1, -0.05) is 0 Å². The summed E-state index contributed by atoms with van der Waals surface area (Å²) in [6.07, 6.45) is 0. The van der Waals surface area contributed by atoms with E-state index in [9.17, 15) is 13.2 Å². The number of hydrogen-bond acceptors (Lipinski definition) is 5. The Morgan fingerprint density at radius 3 is 2.75 bits per heavy atom. The number of morpholine rings is 1. The van der Waals surface area contributed by atoms with Gasteiger partial charge in [0.25, 0.3) is 0 Å². The lowest BCUT2D eigenvalue weighted by atomic mass is 10.3. The van der Waals surface area contributed by atoms with Gasteiger partial charge in [-0.15, -0.1) is 11.8 Å². The molecule has 0 atom stereocenters. The summed E-state index contributed by atoms with van der Waals surface area (Å²) < 4.78 is 31.6. The summed E-state index contributed by atoms with van der Waals surface area (Å²) in [6.45, 7) is 1.55. The van der Waals surface area contributed by atoms with E-state index in [0.717, 1.165) is 4.90 Å². The summed E-state index contributed by atoms with van der Waals surface area (Å²) in [4.78, 5) is 12.5. The van der Waals surface area contributed by atoms with Crippen molar-refractivity contribution < 1.29 is 17.9 Å². The average molecular weight is 314 g/mol. The van der Waals surface area contributed by atoms with Crippen LogP contribution in [0.3, 0.4) is 0 Å². The van der Waals surface area contributed by atoms with Crippen molar-refractivity contribution in [1.82, 2.24) is 4.31 Å². The predicted octanol–water partition coefficient (Wildman–Crippen LogP) is 0.752. The van der Waals surface area contributed by atoms with Gasteiger partial charge in [0.1, 0.15) is 0 Å². The van der Waals surface area contributed by atoms with Crippen LogP contribution in [0.5, 0.6) is 0 Å². The van der Waals surface area contributed by atoms with Gasteiger partial charge in [0.15, 0.2) is 0 Å². The van der Waals surface area contributed by atoms with E-state index in [4.69, 9.17) is 4.74 Å². The Bertz CT molecular complexity index is 639. The molecule has 2 heterocycles. The maximum absolute atomic E-state index is 12.5. The molecule has 0 bridgehead atoms. The third kappa shape index (κ3) is 2.56. The smallest absolute Gasteiger partial charge is 0.243 e. The standard InChI is InChI=1S/C12H14N2O4S2/c15-12-8-19-11-2-1-9(7-10(11)13-12)20(16,17)14-3-5-18-6-4-14/h1-2,7H,3-6,8H2,(H,13,15). The Kier molecular flexibility index (Phi) is 3.72. The number of hydrogen-bond donors (Lipinski definition) is 1. The van der Waals surface area contributed by atoms with Crippen LogP contribution in [0.25, 0.3) is 0 Å². The first-order valence-corrected chi connectivity index (χ1v) is 8.64. The van der Waals surface area contributed by atoms with Gasteiger partial charge in [-0.25, -0.2) is 8.42 Å². The molecule has 6 nitrogen and oxygen atoms in total. The van der Waals surface area contributed by atoms with Crippen LogP contribution in [0, 0.1) is 0 Å². The van der Waals surface area contributed by atoms with Gasteiger partial charge in [-0.3, -0.25) is 4.79 Å². The Morgan fingerprint density at radius 1 is 1.25 bits per heavy atom. The summed E-state index contributed by atoms with van der Waals surface area (Å²) in [7, 11) is -3.52. The lowest BCUT2D eigenvalue weighted by molar-refractivity contribution is -0.113. The highest BCUT2D eigenvalue weighted by molar-refractivity contribution is 8.00. The Labute approximate surface area is 121 Å². The highest BCUT2D eigenvalue weighted by Crippen LogP contribution is 2.33. The van der Waals surface area contributed by atoms with Crippen molar-refractivity contribution in [1.29, 1.82) is 0 Å². The number of carbonyl (C=O) groups is 1. The number of ether oxygens (including phenoxy) is 1. The molecule has 0 saturated carbocycles. The fraction of sp³-hybridized carbons (Fsp3) is 0.417. The minimum atomic E-state index is -3.52. The van der Waals surface area contributed by atoms with Crippen LogP contribution >= 0.6 is 11.8 Å². The SMILES string of the molecule is O=C1CSc2ccc(S(=O)(=O)N3CCOCC3)cc2N1. The zero-order chi connectivity index (χ0) is 14.2. The zero-order valence-corrected chi connectivity index (χ0v) is 12.3. The molecule has 1 saturated heterocycles. The molecular formula is C12H14N2O4S2. The molecule has 1 aromatic carbocycles. The number of nitrogens with one attached hydrogen (secondary N) is 1. The maximum atomic E-state index is 12.5. The molecule has 108 valence electrons. The Morgan fingerprint density at radius 2 is 2.00 bits per heavy atom. The first-order valence-electron chi connectivity index (χ1n) is 6.22. The van der Waals surface area contributed by atoms with E-state index < -0.39 is 10.0 Å². The number of benzene rings is 1. The summed E-state index contributed by atoms with van der Waals surface area (Å²) >= 11 is 1.41. The van der Waals surface area contributed by atoms with Crippen LogP contribution in [-0.2, 0) is 19.6 Å².